The fourth-order valence-corrected chi connectivity index (χ4v) is 3.29. The molecule has 0 aromatic heterocycles. The molecule has 0 heterocycles. The van der Waals surface area contributed by atoms with Gasteiger partial charge in [-0.15, -0.1) is 0 Å². The SMILES string of the molecule is CC(C)C(CNCCC1CCCCC1)C(C)C. The lowest BCUT2D eigenvalue weighted by Crippen LogP contribution is -2.31. The fraction of sp³-hybridized carbons (Fsp3) is 1.00. The van der Waals surface area contributed by atoms with Gasteiger partial charge in [-0.05, 0) is 43.2 Å². The van der Waals surface area contributed by atoms with Crippen LogP contribution in [0, 0.1) is 23.7 Å². The molecule has 0 amide bonds. The van der Waals surface area contributed by atoms with Gasteiger partial charge in [0.1, 0.15) is 0 Å². The standard InChI is InChI=1S/C16H33N/c1-13(2)16(14(3)4)12-17-11-10-15-8-6-5-7-9-15/h13-17H,5-12H2,1-4H3. The highest BCUT2D eigenvalue weighted by Crippen LogP contribution is 2.26. The monoisotopic (exact) mass is 239 g/mol. The summed E-state index contributed by atoms with van der Waals surface area (Å²) in [5.41, 5.74) is 0. The molecule has 0 unspecified atom stereocenters. The molecule has 1 aliphatic carbocycles. The van der Waals surface area contributed by atoms with Gasteiger partial charge in [-0.1, -0.05) is 59.8 Å². The third-order valence-corrected chi connectivity index (χ3v) is 4.55. The van der Waals surface area contributed by atoms with Gasteiger partial charge in [0, 0.05) is 0 Å². The predicted octanol–water partition coefficient (Wildman–Crippen LogP) is 4.47. The van der Waals surface area contributed by atoms with Crippen molar-refractivity contribution < 1.29 is 0 Å². The van der Waals surface area contributed by atoms with Crippen LogP contribution in [0.25, 0.3) is 0 Å². The van der Waals surface area contributed by atoms with Gasteiger partial charge in [0.25, 0.3) is 0 Å². The molecule has 0 bridgehead atoms. The van der Waals surface area contributed by atoms with Crippen LogP contribution >= 0.6 is 0 Å². The first-order valence-electron chi connectivity index (χ1n) is 7.82. The Bertz CT molecular complexity index is 172. The Balaban J connectivity index is 2.09. The summed E-state index contributed by atoms with van der Waals surface area (Å²) in [6.07, 6.45) is 8.81. The summed E-state index contributed by atoms with van der Waals surface area (Å²) in [4.78, 5) is 0. The molecule has 1 aliphatic rings. The predicted molar refractivity (Wildman–Crippen MR) is 77.2 cm³/mol. The first kappa shape index (κ1) is 15.0. The Labute approximate surface area is 109 Å². The molecule has 0 radical (unpaired) electrons. The Kier molecular flexibility index (Phi) is 7.18. The van der Waals surface area contributed by atoms with E-state index in [1.807, 2.05) is 0 Å². The highest BCUT2D eigenvalue weighted by molar-refractivity contribution is 4.71. The minimum absolute atomic E-state index is 0.803. The van der Waals surface area contributed by atoms with Crippen LogP contribution < -0.4 is 5.32 Å². The molecular formula is C16H33N. The normalized spacial score (nSPS) is 18.5. The van der Waals surface area contributed by atoms with E-state index in [0.29, 0.717) is 0 Å². The van der Waals surface area contributed by atoms with E-state index in [-0.39, 0.29) is 0 Å². The molecule has 1 fully saturated rings. The highest BCUT2D eigenvalue weighted by atomic mass is 14.9. The van der Waals surface area contributed by atoms with Gasteiger partial charge in [-0.3, -0.25) is 0 Å². The van der Waals surface area contributed by atoms with E-state index < -0.39 is 0 Å². The zero-order valence-electron chi connectivity index (χ0n) is 12.5. The van der Waals surface area contributed by atoms with Crippen LogP contribution in [0.3, 0.4) is 0 Å². The molecule has 0 aromatic carbocycles. The van der Waals surface area contributed by atoms with E-state index in [0.717, 1.165) is 23.7 Å². The van der Waals surface area contributed by atoms with Gasteiger partial charge in [0.2, 0.25) is 0 Å². The minimum Gasteiger partial charge on any atom is -0.316 e. The highest BCUT2D eigenvalue weighted by Gasteiger charge is 2.17. The third-order valence-electron chi connectivity index (χ3n) is 4.55. The summed E-state index contributed by atoms with van der Waals surface area (Å²) in [6.45, 7) is 11.9. The van der Waals surface area contributed by atoms with Crippen molar-refractivity contribution in [3.63, 3.8) is 0 Å². The van der Waals surface area contributed by atoms with Crippen molar-refractivity contribution in [2.24, 2.45) is 23.7 Å². The number of hydrogen-bond acceptors (Lipinski definition) is 1. The lowest BCUT2D eigenvalue weighted by Gasteiger charge is -2.26. The molecule has 1 N–H and O–H groups in total. The second-order valence-corrected chi connectivity index (χ2v) is 6.65. The second-order valence-electron chi connectivity index (χ2n) is 6.65. The van der Waals surface area contributed by atoms with Crippen LogP contribution in [-0.2, 0) is 0 Å². The van der Waals surface area contributed by atoms with Gasteiger partial charge in [-0.2, -0.15) is 0 Å². The molecule has 0 atom stereocenters. The first-order valence-corrected chi connectivity index (χ1v) is 7.82. The average molecular weight is 239 g/mol. The summed E-state index contributed by atoms with van der Waals surface area (Å²) in [6, 6.07) is 0. The van der Waals surface area contributed by atoms with E-state index >= 15 is 0 Å². The minimum atomic E-state index is 0.803. The van der Waals surface area contributed by atoms with E-state index in [9.17, 15) is 0 Å². The lowest BCUT2D eigenvalue weighted by atomic mass is 9.85. The molecule has 0 aromatic rings. The van der Waals surface area contributed by atoms with Crippen LogP contribution in [0.1, 0.15) is 66.2 Å². The van der Waals surface area contributed by atoms with Crippen LogP contribution in [0.2, 0.25) is 0 Å². The number of nitrogens with one attached hydrogen (secondary N) is 1. The summed E-state index contributed by atoms with van der Waals surface area (Å²) in [5, 5.41) is 3.70. The number of rotatable bonds is 7. The molecule has 0 spiro atoms. The molecule has 1 saturated carbocycles. The van der Waals surface area contributed by atoms with E-state index in [4.69, 9.17) is 0 Å². The van der Waals surface area contributed by atoms with Crippen LogP contribution in [0.5, 0.6) is 0 Å². The van der Waals surface area contributed by atoms with Crippen molar-refractivity contribution in [3.05, 3.63) is 0 Å². The van der Waals surface area contributed by atoms with E-state index in [1.165, 1.54) is 51.6 Å². The Morgan fingerprint density at radius 3 is 2.06 bits per heavy atom. The van der Waals surface area contributed by atoms with Gasteiger partial charge in [0.05, 0.1) is 0 Å². The van der Waals surface area contributed by atoms with Crippen LogP contribution in [0.4, 0.5) is 0 Å². The largest absolute Gasteiger partial charge is 0.316 e. The molecular weight excluding hydrogens is 206 g/mol. The summed E-state index contributed by atoms with van der Waals surface area (Å²) < 4.78 is 0. The van der Waals surface area contributed by atoms with Gasteiger partial charge in [0.15, 0.2) is 0 Å². The summed E-state index contributed by atoms with van der Waals surface area (Å²) in [5.74, 6) is 3.46. The van der Waals surface area contributed by atoms with Crippen molar-refractivity contribution >= 4 is 0 Å². The summed E-state index contributed by atoms with van der Waals surface area (Å²) >= 11 is 0. The average Bonchev–Trinajstić information content (AvgIpc) is 2.29. The molecule has 0 aliphatic heterocycles. The van der Waals surface area contributed by atoms with E-state index in [2.05, 4.69) is 33.0 Å². The first-order chi connectivity index (χ1) is 8.11. The van der Waals surface area contributed by atoms with Gasteiger partial charge in [-0.25, -0.2) is 0 Å². The Morgan fingerprint density at radius 1 is 0.941 bits per heavy atom. The van der Waals surface area contributed by atoms with Crippen molar-refractivity contribution in [2.75, 3.05) is 13.1 Å². The van der Waals surface area contributed by atoms with Crippen molar-refractivity contribution in [1.29, 1.82) is 0 Å². The van der Waals surface area contributed by atoms with Gasteiger partial charge < -0.3 is 5.32 Å². The summed E-state index contributed by atoms with van der Waals surface area (Å²) in [7, 11) is 0. The van der Waals surface area contributed by atoms with Gasteiger partial charge >= 0.3 is 0 Å². The molecule has 1 rings (SSSR count). The van der Waals surface area contributed by atoms with Crippen LogP contribution in [-0.4, -0.2) is 13.1 Å². The second kappa shape index (κ2) is 8.13. The van der Waals surface area contributed by atoms with E-state index in [1.54, 1.807) is 0 Å². The molecule has 0 saturated heterocycles. The smallest absolute Gasteiger partial charge is 0.00156 e. The molecule has 17 heavy (non-hydrogen) atoms. The number of hydrogen-bond donors (Lipinski definition) is 1. The maximum atomic E-state index is 3.70. The molecule has 102 valence electrons. The Hall–Kier alpha value is -0.0400. The quantitative estimate of drug-likeness (QED) is 0.646. The lowest BCUT2D eigenvalue weighted by molar-refractivity contribution is 0.268. The maximum Gasteiger partial charge on any atom is -0.00156 e. The fourth-order valence-electron chi connectivity index (χ4n) is 3.29. The van der Waals surface area contributed by atoms with Crippen molar-refractivity contribution in [1.82, 2.24) is 5.32 Å². The zero-order chi connectivity index (χ0) is 12.7. The Morgan fingerprint density at radius 2 is 1.53 bits per heavy atom. The van der Waals surface area contributed by atoms with Crippen molar-refractivity contribution in [3.8, 4) is 0 Å². The van der Waals surface area contributed by atoms with Crippen molar-refractivity contribution in [2.45, 2.75) is 66.2 Å². The molecule has 1 nitrogen and oxygen atoms in total. The molecule has 1 heteroatoms. The topological polar surface area (TPSA) is 12.0 Å². The zero-order valence-corrected chi connectivity index (χ0v) is 12.5. The third kappa shape index (κ3) is 5.90. The van der Waals surface area contributed by atoms with Crippen LogP contribution in [0.15, 0.2) is 0 Å². The maximum absolute atomic E-state index is 3.70.